The molecule has 6 nitrogen and oxygen atoms in total. The van der Waals surface area contributed by atoms with Crippen molar-refractivity contribution in [3.63, 3.8) is 0 Å². The summed E-state index contributed by atoms with van der Waals surface area (Å²) in [4.78, 5) is 20.2. The molecule has 0 spiro atoms. The molecule has 0 bridgehead atoms. The first-order valence-electron chi connectivity index (χ1n) is 6.55. The van der Waals surface area contributed by atoms with Gasteiger partial charge in [-0.2, -0.15) is 5.10 Å². The fourth-order valence-electron chi connectivity index (χ4n) is 1.96. The fourth-order valence-corrected chi connectivity index (χ4v) is 2.72. The number of nitrogens with zero attached hydrogens (tertiary/aromatic N) is 4. The normalized spacial score (nSPS) is 10.9. The molecule has 1 amide bonds. The van der Waals surface area contributed by atoms with E-state index in [0.717, 1.165) is 17.5 Å². The number of amides is 1. The molecule has 1 aromatic carbocycles. The Morgan fingerprint density at radius 2 is 2.13 bits per heavy atom. The van der Waals surface area contributed by atoms with Gasteiger partial charge in [-0.15, -0.1) is 0 Å². The molecular weight excluding hydrogens is 324 g/mol. The van der Waals surface area contributed by atoms with Crippen LogP contribution in [0.3, 0.4) is 0 Å². The van der Waals surface area contributed by atoms with Crippen molar-refractivity contribution < 1.29 is 13.6 Å². The summed E-state index contributed by atoms with van der Waals surface area (Å²) in [7, 11) is 1.76. The number of aromatic nitrogens is 4. The molecule has 0 saturated heterocycles. The molecule has 0 aliphatic rings. The van der Waals surface area contributed by atoms with Crippen LogP contribution < -0.4 is 5.32 Å². The highest BCUT2D eigenvalue weighted by molar-refractivity contribution is 8.00. The van der Waals surface area contributed by atoms with E-state index in [9.17, 15) is 13.6 Å². The third-order valence-electron chi connectivity index (χ3n) is 3.04. The van der Waals surface area contributed by atoms with Crippen LogP contribution in [0.1, 0.15) is 0 Å². The van der Waals surface area contributed by atoms with Crippen LogP contribution in [0.4, 0.5) is 14.5 Å². The Morgan fingerprint density at radius 3 is 2.91 bits per heavy atom. The first kappa shape index (κ1) is 15.3. The number of benzene rings is 1. The Balaban J connectivity index is 1.67. The van der Waals surface area contributed by atoms with Gasteiger partial charge in [0, 0.05) is 18.8 Å². The maximum atomic E-state index is 13.1. The number of aryl methyl sites for hydroxylation is 1. The minimum absolute atomic E-state index is 0.0694. The fraction of sp³-hybridized carbons (Fsp3) is 0.143. The van der Waals surface area contributed by atoms with Gasteiger partial charge in [-0.1, -0.05) is 11.8 Å². The molecular formula is C14H11F2N5OS. The lowest BCUT2D eigenvalue weighted by Gasteiger charge is -2.05. The van der Waals surface area contributed by atoms with E-state index in [1.807, 2.05) is 0 Å². The first-order valence-corrected chi connectivity index (χ1v) is 7.53. The molecule has 118 valence electrons. The van der Waals surface area contributed by atoms with Crippen molar-refractivity contribution in [2.24, 2.45) is 7.05 Å². The molecule has 9 heteroatoms. The van der Waals surface area contributed by atoms with Crippen molar-refractivity contribution in [1.29, 1.82) is 0 Å². The van der Waals surface area contributed by atoms with Crippen LogP contribution in [0, 0.1) is 11.6 Å². The number of halogens is 2. The number of thioether (sulfide) groups is 1. The quantitative estimate of drug-likeness (QED) is 0.585. The molecule has 3 rings (SSSR count). The molecule has 0 aliphatic heterocycles. The second-order valence-electron chi connectivity index (χ2n) is 4.65. The van der Waals surface area contributed by atoms with E-state index in [1.54, 1.807) is 17.9 Å². The van der Waals surface area contributed by atoms with Gasteiger partial charge in [-0.25, -0.2) is 18.7 Å². The molecule has 1 N–H and O–H groups in total. The van der Waals surface area contributed by atoms with Crippen LogP contribution in [0.25, 0.3) is 11.0 Å². The van der Waals surface area contributed by atoms with Gasteiger partial charge in [0.05, 0.1) is 17.3 Å². The molecule has 3 aromatic rings. The summed E-state index contributed by atoms with van der Waals surface area (Å²) < 4.78 is 27.6. The Kier molecular flexibility index (Phi) is 4.20. The monoisotopic (exact) mass is 335 g/mol. The Morgan fingerprint density at radius 1 is 1.30 bits per heavy atom. The van der Waals surface area contributed by atoms with E-state index >= 15 is 0 Å². The zero-order chi connectivity index (χ0) is 16.4. The van der Waals surface area contributed by atoms with Crippen molar-refractivity contribution in [2.45, 2.75) is 5.03 Å². The largest absolute Gasteiger partial charge is 0.325 e. The summed E-state index contributed by atoms with van der Waals surface area (Å²) >= 11 is 1.21. The predicted octanol–water partition coefficient (Wildman–Crippen LogP) is 2.37. The van der Waals surface area contributed by atoms with Crippen LogP contribution in [0.15, 0.2) is 35.7 Å². The number of carbonyl (C=O) groups excluding carboxylic acids is 1. The van der Waals surface area contributed by atoms with Gasteiger partial charge in [-0.05, 0) is 12.1 Å². The number of hydrogen-bond donors (Lipinski definition) is 1. The molecule has 0 saturated carbocycles. The number of anilines is 1. The molecule has 23 heavy (non-hydrogen) atoms. The van der Waals surface area contributed by atoms with Crippen molar-refractivity contribution >= 4 is 34.4 Å². The highest BCUT2D eigenvalue weighted by Gasteiger charge is 2.11. The SMILES string of the molecule is Cn1ncc2c(SCC(=O)Nc3ccc(F)c(F)c3)ncnc21. The Labute approximate surface area is 133 Å². The van der Waals surface area contributed by atoms with Gasteiger partial charge in [0.1, 0.15) is 11.4 Å². The zero-order valence-corrected chi connectivity index (χ0v) is 12.8. The topological polar surface area (TPSA) is 72.7 Å². The van der Waals surface area contributed by atoms with Crippen LogP contribution in [-0.4, -0.2) is 31.4 Å². The van der Waals surface area contributed by atoms with Gasteiger partial charge >= 0.3 is 0 Å². The van der Waals surface area contributed by atoms with E-state index < -0.39 is 11.6 Å². The molecule has 0 fully saturated rings. The summed E-state index contributed by atoms with van der Waals surface area (Å²) in [5.41, 5.74) is 0.868. The zero-order valence-electron chi connectivity index (χ0n) is 12.0. The van der Waals surface area contributed by atoms with Crippen LogP contribution in [0.5, 0.6) is 0 Å². The molecule has 2 heterocycles. The number of nitrogens with one attached hydrogen (secondary N) is 1. The van der Waals surface area contributed by atoms with Gasteiger partial charge in [0.15, 0.2) is 17.3 Å². The van der Waals surface area contributed by atoms with Gasteiger partial charge in [-0.3, -0.25) is 9.48 Å². The molecule has 0 radical (unpaired) electrons. The Bertz CT molecular complexity index is 883. The van der Waals surface area contributed by atoms with Crippen LogP contribution >= 0.6 is 11.8 Å². The standard InChI is InChI=1S/C14H11F2N5OS/c1-21-13-9(5-19-21)14(18-7-17-13)23-6-12(22)20-8-2-3-10(15)11(16)4-8/h2-5,7H,6H2,1H3,(H,20,22). The molecule has 0 atom stereocenters. The number of hydrogen-bond acceptors (Lipinski definition) is 5. The summed E-state index contributed by atoms with van der Waals surface area (Å²) in [5, 5.41) is 7.97. The minimum atomic E-state index is -1.01. The number of carbonyl (C=O) groups is 1. The number of rotatable bonds is 4. The lowest BCUT2D eigenvalue weighted by atomic mass is 10.3. The van der Waals surface area contributed by atoms with Gasteiger partial charge in [0.2, 0.25) is 5.91 Å². The Hall–Kier alpha value is -2.55. The van der Waals surface area contributed by atoms with Gasteiger partial charge < -0.3 is 5.32 Å². The van der Waals surface area contributed by atoms with Gasteiger partial charge in [0.25, 0.3) is 0 Å². The molecule has 0 unspecified atom stereocenters. The third kappa shape index (κ3) is 3.29. The average Bonchev–Trinajstić information content (AvgIpc) is 2.91. The number of fused-ring (bicyclic) bond motifs is 1. The summed E-state index contributed by atoms with van der Waals surface area (Å²) in [5.74, 6) is -2.25. The summed E-state index contributed by atoms with van der Waals surface area (Å²) in [6, 6.07) is 3.19. The minimum Gasteiger partial charge on any atom is -0.325 e. The molecule has 0 aliphatic carbocycles. The van der Waals surface area contributed by atoms with E-state index in [-0.39, 0.29) is 17.3 Å². The third-order valence-corrected chi connectivity index (χ3v) is 4.04. The maximum Gasteiger partial charge on any atom is 0.234 e. The second kappa shape index (κ2) is 6.29. The van der Waals surface area contributed by atoms with E-state index in [1.165, 1.54) is 24.2 Å². The lowest BCUT2D eigenvalue weighted by molar-refractivity contribution is -0.113. The summed E-state index contributed by atoms with van der Waals surface area (Å²) in [6.45, 7) is 0. The lowest BCUT2D eigenvalue weighted by Crippen LogP contribution is -2.14. The highest BCUT2D eigenvalue weighted by atomic mass is 32.2. The van der Waals surface area contributed by atoms with Crippen LogP contribution in [-0.2, 0) is 11.8 Å². The second-order valence-corrected chi connectivity index (χ2v) is 5.61. The summed E-state index contributed by atoms with van der Waals surface area (Å²) in [6.07, 6.45) is 3.03. The van der Waals surface area contributed by atoms with E-state index in [2.05, 4.69) is 20.4 Å². The first-order chi connectivity index (χ1) is 11.0. The van der Waals surface area contributed by atoms with Crippen molar-refractivity contribution in [3.05, 3.63) is 42.4 Å². The smallest absolute Gasteiger partial charge is 0.234 e. The average molecular weight is 335 g/mol. The van der Waals surface area contributed by atoms with Crippen molar-refractivity contribution in [1.82, 2.24) is 19.7 Å². The highest BCUT2D eigenvalue weighted by Crippen LogP contribution is 2.24. The van der Waals surface area contributed by atoms with E-state index in [4.69, 9.17) is 0 Å². The van der Waals surface area contributed by atoms with Crippen LogP contribution in [0.2, 0.25) is 0 Å². The maximum absolute atomic E-state index is 13.1. The predicted molar refractivity (Wildman–Crippen MR) is 82.0 cm³/mol. The van der Waals surface area contributed by atoms with Crippen molar-refractivity contribution in [2.75, 3.05) is 11.1 Å². The molecule has 2 aromatic heterocycles. The van der Waals surface area contributed by atoms with Crippen molar-refractivity contribution in [3.8, 4) is 0 Å². The van der Waals surface area contributed by atoms with E-state index in [0.29, 0.717) is 10.7 Å².